The van der Waals surface area contributed by atoms with E-state index < -0.39 is 0 Å². The van der Waals surface area contributed by atoms with E-state index in [1.54, 1.807) is 30.5 Å². The molecule has 1 saturated carbocycles. The lowest BCUT2D eigenvalue weighted by molar-refractivity contribution is -0.119. The van der Waals surface area contributed by atoms with Gasteiger partial charge >= 0.3 is 0 Å². The summed E-state index contributed by atoms with van der Waals surface area (Å²) >= 11 is 0. The second-order valence-electron chi connectivity index (χ2n) is 7.08. The molecule has 4 rings (SSSR count). The lowest BCUT2D eigenvalue weighted by Gasteiger charge is -2.30. The Morgan fingerprint density at radius 2 is 1.96 bits per heavy atom. The predicted molar refractivity (Wildman–Crippen MR) is 101 cm³/mol. The third-order valence-corrected chi connectivity index (χ3v) is 5.11. The first-order valence-corrected chi connectivity index (χ1v) is 9.11. The number of nitrogens with zero attached hydrogens (tertiary/aromatic N) is 3. The van der Waals surface area contributed by atoms with E-state index in [4.69, 9.17) is 4.98 Å². The number of nitrogens with one attached hydrogen (secondary N) is 2. The molecule has 136 valence electrons. The fourth-order valence-corrected chi connectivity index (χ4v) is 3.67. The molecule has 1 atom stereocenters. The lowest BCUT2D eigenvalue weighted by Crippen LogP contribution is -2.38. The molecule has 0 bridgehead atoms. The van der Waals surface area contributed by atoms with Crippen LogP contribution in [-0.4, -0.2) is 33.6 Å². The number of phenols is 1. The topological polar surface area (TPSA) is 90.4 Å². The van der Waals surface area contributed by atoms with E-state index >= 15 is 0 Å². The fourth-order valence-electron chi connectivity index (χ4n) is 3.67. The van der Waals surface area contributed by atoms with Gasteiger partial charge in [-0.2, -0.15) is 4.98 Å². The second-order valence-corrected chi connectivity index (χ2v) is 7.08. The molecule has 1 fully saturated rings. The number of hydrogen-bond acceptors (Lipinski definition) is 6. The number of aromatic nitrogens is 2. The molecule has 1 amide bonds. The zero-order chi connectivity index (χ0) is 18.1. The number of aromatic hydroxyl groups is 1. The largest absolute Gasteiger partial charge is 0.508 e. The maximum atomic E-state index is 12.3. The van der Waals surface area contributed by atoms with E-state index in [-0.39, 0.29) is 17.6 Å². The van der Waals surface area contributed by atoms with Crippen LogP contribution in [0.3, 0.4) is 0 Å². The zero-order valence-electron chi connectivity index (χ0n) is 14.8. The number of fused-ring (bicyclic) bond motifs is 1. The minimum Gasteiger partial charge on any atom is -0.508 e. The SMILES string of the molecule is CC1CN(C2CCCC2)c2nc(Nc3ccc(O)cc3)ncc2NC1=O. The monoisotopic (exact) mass is 353 g/mol. The number of rotatable bonds is 3. The van der Waals surface area contributed by atoms with Crippen LogP contribution in [0.4, 0.5) is 23.1 Å². The number of hydrogen-bond donors (Lipinski definition) is 3. The fraction of sp³-hybridized carbons (Fsp3) is 0.421. The van der Waals surface area contributed by atoms with Crippen LogP contribution in [0.5, 0.6) is 5.75 Å². The molecule has 2 heterocycles. The molecular formula is C19H23N5O2. The molecule has 0 spiro atoms. The van der Waals surface area contributed by atoms with Crippen LogP contribution >= 0.6 is 0 Å². The molecule has 3 N–H and O–H groups in total. The van der Waals surface area contributed by atoms with Crippen molar-refractivity contribution in [3.05, 3.63) is 30.5 Å². The third kappa shape index (κ3) is 3.29. The molecule has 1 aliphatic carbocycles. The van der Waals surface area contributed by atoms with Crippen LogP contribution in [0.15, 0.2) is 30.5 Å². The van der Waals surface area contributed by atoms with Crippen molar-refractivity contribution in [2.75, 3.05) is 22.1 Å². The lowest BCUT2D eigenvalue weighted by atomic mass is 10.1. The molecule has 1 unspecified atom stereocenters. The average Bonchev–Trinajstić information content (AvgIpc) is 3.13. The van der Waals surface area contributed by atoms with Gasteiger partial charge in [-0.25, -0.2) is 4.98 Å². The second kappa shape index (κ2) is 6.82. The molecule has 0 radical (unpaired) electrons. The van der Waals surface area contributed by atoms with Crippen molar-refractivity contribution in [2.24, 2.45) is 5.92 Å². The van der Waals surface area contributed by atoms with Crippen LogP contribution in [-0.2, 0) is 4.79 Å². The van der Waals surface area contributed by atoms with Crippen LogP contribution < -0.4 is 15.5 Å². The highest BCUT2D eigenvalue weighted by molar-refractivity contribution is 5.96. The van der Waals surface area contributed by atoms with Gasteiger partial charge in [0.15, 0.2) is 5.82 Å². The van der Waals surface area contributed by atoms with Gasteiger partial charge in [-0.1, -0.05) is 19.8 Å². The van der Waals surface area contributed by atoms with Gasteiger partial charge in [0.25, 0.3) is 0 Å². The first-order chi connectivity index (χ1) is 12.6. The Hall–Kier alpha value is -2.83. The number of phenolic OH excluding ortho intramolecular Hbond substituents is 1. The minimum atomic E-state index is -0.0988. The Kier molecular flexibility index (Phi) is 4.36. The molecule has 1 aromatic heterocycles. The maximum absolute atomic E-state index is 12.3. The first kappa shape index (κ1) is 16.6. The Balaban J connectivity index is 1.67. The van der Waals surface area contributed by atoms with Gasteiger partial charge in [0.1, 0.15) is 11.4 Å². The van der Waals surface area contributed by atoms with Crippen molar-refractivity contribution in [3.63, 3.8) is 0 Å². The Labute approximate surface area is 152 Å². The van der Waals surface area contributed by atoms with E-state index in [1.165, 1.54) is 12.8 Å². The Bertz CT molecular complexity index is 802. The van der Waals surface area contributed by atoms with Gasteiger partial charge in [0.05, 0.1) is 12.1 Å². The van der Waals surface area contributed by atoms with E-state index in [2.05, 4.69) is 20.5 Å². The van der Waals surface area contributed by atoms with Crippen molar-refractivity contribution in [2.45, 2.75) is 38.6 Å². The molecule has 1 aromatic carbocycles. The standard InChI is InChI=1S/C19H23N5O2/c1-12-11-24(14-4-2-3-5-14)17-16(22-18(12)26)10-20-19(23-17)21-13-6-8-15(25)9-7-13/h6-10,12,14,25H,2-5,11H2,1H3,(H,22,26)(H,20,21,23). The first-order valence-electron chi connectivity index (χ1n) is 9.11. The summed E-state index contributed by atoms with van der Waals surface area (Å²) < 4.78 is 0. The quantitative estimate of drug-likeness (QED) is 0.734. The van der Waals surface area contributed by atoms with Crippen molar-refractivity contribution in [1.82, 2.24) is 9.97 Å². The van der Waals surface area contributed by atoms with Crippen LogP contribution in [0.1, 0.15) is 32.6 Å². The van der Waals surface area contributed by atoms with Gasteiger partial charge in [-0.3, -0.25) is 4.79 Å². The smallest absolute Gasteiger partial charge is 0.229 e. The molecule has 7 heteroatoms. The van der Waals surface area contributed by atoms with Gasteiger partial charge in [0, 0.05) is 18.3 Å². The van der Waals surface area contributed by atoms with Gasteiger partial charge in [0.2, 0.25) is 11.9 Å². The molecule has 26 heavy (non-hydrogen) atoms. The summed E-state index contributed by atoms with van der Waals surface area (Å²) in [5.74, 6) is 1.38. The summed E-state index contributed by atoms with van der Waals surface area (Å²) in [7, 11) is 0. The van der Waals surface area contributed by atoms with Crippen LogP contribution in [0.2, 0.25) is 0 Å². The molecule has 2 aromatic rings. The van der Waals surface area contributed by atoms with Crippen LogP contribution in [0.25, 0.3) is 0 Å². The van der Waals surface area contributed by atoms with Crippen molar-refractivity contribution < 1.29 is 9.90 Å². The highest BCUT2D eigenvalue weighted by Crippen LogP contribution is 2.35. The molecule has 2 aliphatic rings. The number of carbonyl (C=O) groups is 1. The van der Waals surface area contributed by atoms with Crippen LogP contribution in [0, 0.1) is 5.92 Å². The maximum Gasteiger partial charge on any atom is 0.229 e. The zero-order valence-corrected chi connectivity index (χ0v) is 14.8. The normalized spacial score (nSPS) is 20.4. The Morgan fingerprint density at radius 1 is 1.23 bits per heavy atom. The van der Waals surface area contributed by atoms with Crippen molar-refractivity contribution in [3.8, 4) is 5.75 Å². The minimum absolute atomic E-state index is 0.00888. The number of carbonyl (C=O) groups excluding carboxylic acids is 1. The van der Waals surface area contributed by atoms with E-state index in [0.29, 0.717) is 24.2 Å². The summed E-state index contributed by atoms with van der Waals surface area (Å²) in [6.07, 6.45) is 6.37. The van der Waals surface area contributed by atoms with Crippen molar-refractivity contribution in [1.29, 1.82) is 0 Å². The van der Waals surface area contributed by atoms with E-state index in [9.17, 15) is 9.90 Å². The van der Waals surface area contributed by atoms with Gasteiger partial charge < -0.3 is 20.6 Å². The summed E-state index contributed by atoms with van der Waals surface area (Å²) in [6, 6.07) is 7.17. The molecular weight excluding hydrogens is 330 g/mol. The number of anilines is 4. The Morgan fingerprint density at radius 3 is 2.69 bits per heavy atom. The van der Waals surface area contributed by atoms with Crippen molar-refractivity contribution >= 4 is 29.0 Å². The van der Waals surface area contributed by atoms with Gasteiger partial charge in [-0.15, -0.1) is 0 Å². The summed E-state index contributed by atoms with van der Waals surface area (Å²) in [6.45, 7) is 2.62. The molecule has 1 aliphatic heterocycles. The highest BCUT2D eigenvalue weighted by atomic mass is 16.3. The average molecular weight is 353 g/mol. The highest BCUT2D eigenvalue weighted by Gasteiger charge is 2.32. The van der Waals surface area contributed by atoms with Gasteiger partial charge in [-0.05, 0) is 37.1 Å². The molecule has 0 saturated heterocycles. The number of benzene rings is 1. The van der Waals surface area contributed by atoms with E-state index in [1.807, 2.05) is 6.92 Å². The number of amides is 1. The summed E-state index contributed by atoms with van der Waals surface area (Å²) in [5, 5.41) is 15.5. The van der Waals surface area contributed by atoms with E-state index in [0.717, 1.165) is 24.3 Å². The summed E-state index contributed by atoms with van der Waals surface area (Å²) in [4.78, 5) is 23.6. The molecule has 7 nitrogen and oxygen atoms in total. The summed E-state index contributed by atoms with van der Waals surface area (Å²) in [5.41, 5.74) is 1.46. The third-order valence-electron chi connectivity index (χ3n) is 5.11. The predicted octanol–water partition coefficient (Wildman–Crippen LogP) is 3.26.